The standard InChI is InChI=1S/C18H20BrNO4S/c1-23-17-11-6-13(19)12-18(17)25(21,22)20-14-7-9-16(10-8-14)24-15-4-2-3-5-15/h6-12,15,20H,2-5H2,1H3. The van der Waals surface area contributed by atoms with Crippen LogP contribution >= 0.6 is 15.9 Å². The van der Waals surface area contributed by atoms with E-state index in [4.69, 9.17) is 9.47 Å². The van der Waals surface area contributed by atoms with E-state index < -0.39 is 10.0 Å². The van der Waals surface area contributed by atoms with Gasteiger partial charge in [0.05, 0.1) is 13.2 Å². The van der Waals surface area contributed by atoms with E-state index in [0.717, 1.165) is 18.6 Å². The summed E-state index contributed by atoms with van der Waals surface area (Å²) in [5.74, 6) is 1.05. The highest BCUT2D eigenvalue weighted by molar-refractivity contribution is 9.10. The van der Waals surface area contributed by atoms with Crippen molar-refractivity contribution in [2.75, 3.05) is 11.8 Å². The van der Waals surface area contributed by atoms with E-state index >= 15 is 0 Å². The zero-order chi connectivity index (χ0) is 17.9. The van der Waals surface area contributed by atoms with Crippen molar-refractivity contribution >= 4 is 31.6 Å². The van der Waals surface area contributed by atoms with Gasteiger partial charge in [-0.1, -0.05) is 15.9 Å². The van der Waals surface area contributed by atoms with Crippen LogP contribution in [0, 0.1) is 0 Å². The molecule has 5 nitrogen and oxygen atoms in total. The molecule has 1 fully saturated rings. The Balaban J connectivity index is 1.75. The summed E-state index contributed by atoms with van der Waals surface area (Å²) in [7, 11) is -2.32. The van der Waals surface area contributed by atoms with Crippen LogP contribution in [0.1, 0.15) is 25.7 Å². The molecule has 1 saturated carbocycles. The quantitative estimate of drug-likeness (QED) is 0.735. The molecule has 0 amide bonds. The number of ether oxygens (including phenoxy) is 2. The minimum absolute atomic E-state index is 0.0793. The lowest BCUT2D eigenvalue weighted by atomic mass is 10.3. The molecule has 0 radical (unpaired) electrons. The first-order valence-electron chi connectivity index (χ1n) is 8.11. The molecule has 0 bridgehead atoms. The van der Waals surface area contributed by atoms with E-state index in [2.05, 4.69) is 20.7 Å². The summed E-state index contributed by atoms with van der Waals surface area (Å²) in [6.45, 7) is 0. The highest BCUT2D eigenvalue weighted by atomic mass is 79.9. The second-order valence-electron chi connectivity index (χ2n) is 5.95. The number of rotatable bonds is 6. The Morgan fingerprint density at radius 2 is 1.76 bits per heavy atom. The third kappa shape index (κ3) is 4.46. The predicted molar refractivity (Wildman–Crippen MR) is 101 cm³/mol. The highest BCUT2D eigenvalue weighted by Crippen LogP contribution is 2.30. The van der Waals surface area contributed by atoms with E-state index in [9.17, 15) is 8.42 Å². The molecule has 0 unspecified atom stereocenters. The van der Waals surface area contributed by atoms with Gasteiger partial charge < -0.3 is 9.47 Å². The number of nitrogens with one attached hydrogen (secondary N) is 1. The SMILES string of the molecule is COc1ccc(Br)cc1S(=O)(=O)Nc1ccc(OC2CCCC2)cc1. The number of methoxy groups -OCH3 is 1. The number of hydrogen-bond donors (Lipinski definition) is 1. The summed E-state index contributed by atoms with van der Waals surface area (Å²) in [6, 6.07) is 11.8. The van der Waals surface area contributed by atoms with Crippen molar-refractivity contribution in [1.29, 1.82) is 0 Å². The highest BCUT2D eigenvalue weighted by Gasteiger charge is 2.20. The fourth-order valence-electron chi connectivity index (χ4n) is 2.87. The minimum Gasteiger partial charge on any atom is -0.495 e. The number of halogens is 1. The third-order valence-corrected chi connectivity index (χ3v) is 6.02. The second-order valence-corrected chi connectivity index (χ2v) is 8.52. The van der Waals surface area contributed by atoms with Crippen LogP contribution in [0.25, 0.3) is 0 Å². The summed E-state index contributed by atoms with van der Waals surface area (Å²) in [5.41, 5.74) is 0.473. The number of benzene rings is 2. The molecule has 0 aromatic heterocycles. The first kappa shape index (κ1) is 18.1. The van der Waals surface area contributed by atoms with Gasteiger partial charge >= 0.3 is 0 Å². The molecule has 0 aliphatic heterocycles. The first-order chi connectivity index (χ1) is 12.0. The van der Waals surface area contributed by atoms with Gasteiger partial charge in [0.1, 0.15) is 16.4 Å². The van der Waals surface area contributed by atoms with Crippen molar-refractivity contribution in [3.05, 3.63) is 46.9 Å². The fraction of sp³-hybridized carbons (Fsp3) is 0.333. The van der Waals surface area contributed by atoms with Gasteiger partial charge in [-0.15, -0.1) is 0 Å². The van der Waals surface area contributed by atoms with Crippen LogP contribution in [0.2, 0.25) is 0 Å². The molecule has 0 saturated heterocycles. The normalized spacial score (nSPS) is 15.1. The van der Waals surface area contributed by atoms with Crippen molar-refractivity contribution in [3.8, 4) is 11.5 Å². The average Bonchev–Trinajstić information content (AvgIpc) is 3.09. The Kier molecular flexibility index (Phi) is 5.54. The Morgan fingerprint density at radius 1 is 1.08 bits per heavy atom. The smallest absolute Gasteiger partial charge is 0.265 e. The lowest BCUT2D eigenvalue weighted by Gasteiger charge is -2.14. The Hall–Kier alpha value is -1.73. The zero-order valence-electron chi connectivity index (χ0n) is 13.9. The van der Waals surface area contributed by atoms with E-state index in [1.807, 2.05) is 0 Å². The van der Waals surface area contributed by atoms with E-state index in [0.29, 0.717) is 10.2 Å². The van der Waals surface area contributed by atoms with Crippen LogP contribution in [-0.4, -0.2) is 21.6 Å². The van der Waals surface area contributed by atoms with Crippen LogP contribution in [0.15, 0.2) is 51.8 Å². The fourth-order valence-corrected chi connectivity index (χ4v) is 4.64. The predicted octanol–water partition coefficient (Wildman–Crippen LogP) is 4.58. The van der Waals surface area contributed by atoms with Gasteiger partial charge in [0.25, 0.3) is 10.0 Å². The molecule has 134 valence electrons. The van der Waals surface area contributed by atoms with Gasteiger partial charge in [0.2, 0.25) is 0 Å². The van der Waals surface area contributed by atoms with Crippen LogP contribution in [0.3, 0.4) is 0 Å². The maximum absolute atomic E-state index is 12.7. The van der Waals surface area contributed by atoms with Crippen molar-refractivity contribution < 1.29 is 17.9 Å². The molecule has 2 aromatic rings. The molecular weight excluding hydrogens is 406 g/mol. The van der Waals surface area contributed by atoms with Crippen molar-refractivity contribution in [2.24, 2.45) is 0 Å². The van der Waals surface area contributed by atoms with Crippen molar-refractivity contribution in [3.63, 3.8) is 0 Å². The molecule has 0 atom stereocenters. The topological polar surface area (TPSA) is 64.6 Å². The molecule has 2 aromatic carbocycles. The molecule has 1 aliphatic rings. The largest absolute Gasteiger partial charge is 0.495 e. The van der Waals surface area contributed by atoms with Gasteiger partial charge in [-0.3, -0.25) is 4.72 Å². The first-order valence-corrected chi connectivity index (χ1v) is 10.4. The van der Waals surface area contributed by atoms with Gasteiger partial charge in [0, 0.05) is 10.2 Å². The van der Waals surface area contributed by atoms with Crippen LogP contribution in [0.5, 0.6) is 11.5 Å². The number of anilines is 1. The van der Waals surface area contributed by atoms with Crippen LogP contribution in [-0.2, 0) is 10.0 Å². The lowest BCUT2D eigenvalue weighted by Crippen LogP contribution is -2.14. The van der Waals surface area contributed by atoms with Gasteiger partial charge in [-0.25, -0.2) is 8.42 Å². The summed E-state index contributed by atoms with van der Waals surface area (Å²) in [4.78, 5) is 0.0793. The molecule has 0 heterocycles. The van der Waals surface area contributed by atoms with Gasteiger partial charge in [-0.05, 0) is 68.1 Å². The number of hydrogen-bond acceptors (Lipinski definition) is 4. The summed E-state index contributed by atoms with van der Waals surface area (Å²) in [5, 5.41) is 0. The minimum atomic E-state index is -3.76. The maximum Gasteiger partial charge on any atom is 0.265 e. The number of sulfonamides is 1. The van der Waals surface area contributed by atoms with Crippen LogP contribution < -0.4 is 14.2 Å². The molecule has 25 heavy (non-hydrogen) atoms. The molecule has 0 spiro atoms. The second kappa shape index (κ2) is 7.66. The lowest BCUT2D eigenvalue weighted by molar-refractivity contribution is 0.210. The molecule has 1 aliphatic carbocycles. The Bertz CT molecular complexity index is 831. The molecule has 7 heteroatoms. The van der Waals surface area contributed by atoms with E-state index in [-0.39, 0.29) is 16.7 Å². The maximum atomic E-state index is 12.7. The van der Waals surface area contributed by atoms with Crippen LogP contribution in [0.4, 0.5) is 5.69 Å². The Labute approximate surface area is 156 Å². The summed E-state index contributed by atoms with van der Waals surface area (Å²) >= 11 is 3.29. The summed E-state index contributed by atoms with van der Waals surface area (Å²) < 4.78 is 39.6. The molecule has 3 rings (SSSR count). The third-order valence-electron chi connectivity index (χ3n) is 4.13. The van der Waals surface area contributed by atoms with Crippen molar-refractivity contribution in [2.45, 2.75) is 36.7 Å². The molecule has 1 N–H and O–H groups in total. The van der Waals surface area contributed by atoms with Gasteiger partial charge in [0.15, 0.2) is 0 Å². The monoisotopic (exact) mass is 425 g/mol. The molecular formula is C18H20BrNO4S. The zero-order valence-corrected chi connectivity index (χ0v) is 16.3. The van der Waals surface area contributed by atoms with E-state index in [1.54, 1.807) is 36.4 Å². The van der Waals surface area contributed by atoms with Gasteiger partial charge in [-0.2, -0.15) is 0 Å². The average molecular weight is 426 g/mol. The van der Waals surface area contributed by atoms with E-state index in [1.165, 1.54) is 26.0 Å². The summed E-state index contributed by atoms with van der Waals surface area (Å²) in [6.07, 6.45) is 4.84. The Morgan fingerprint density at radius 3 is 2.40 bits per heavy atom. The van der Waals surface area contributed by atoms with Crippen molar-refractivity contribution in [1.82, 2.24) is 0 Å².